The maximum absolute atomic E-state index is 13.7. The van der Waals surface area contributed by atoms with Gasteiger partial charge in [0.15, 0.2) is 12.2 Å². The Kier molecular flexibility index (Phi) is 5.57. The van der Waals surface area contributed by atoms with Crippen molar-refractivity contribution in [2.75, 3.05) is 0 Å². The molecule has 0 aliphatic carbocycles. The first kappa shape index (κ1) is 19.8. The molecule has 1 aliphatic rings. The van der Waals surface area contributed by atoms with Gasteiger partial charge < -0.3 is 14.2 Å². The molecule has 0 saturated carbocycles. The molecular formula is C13H13F5O6. The van der Waals surface area contributed by atoms with Crippen LogP contribution in [0.25, 0.3) is 0 Å². The molecular weight excluding hydrogens is 347 g/mol. The fourth-order valence-electron chi connectivity index (χ4n) is 1.62. The summed E-state index contributed by atoms with van der Waals surface area (Å²) in [5.41, 5.74) is -0.267. The Labute approximate surface area is 132 Å². The molecule has 0 aromatic rings. The highest BCUT2D eigenvalue weighted by atomic mass is 19.4. The molecule has 0 amide bonds. The summed E-state index contributed by atoms with van der Waals surface area (Å²) in [6.07, 6.45) is -12.9. The Balaban J connectivity index is 2.84. The highest BCUT2D eigenvalue weighted by Gasteiger charge is 2.63. The highest BCUT2D eigenvalue weighted by molar-refractivity contribution is 5.89. The van der Waals surface area contributed by atoms with E-state index in [0.29, 0.717) is 6.92 Å². The predicted molar refractivity (Wildman–Crippen MR) is 65.7 cm³/mol. The van der Waals surface area contributed by atoms with E-state index in [1.54, 1.807) is 0 Å². The van der Waals surface area contributed by atoms with E-state index in [1.165, 1.54) is 0 Å². The Hall–Kier alpha value is -2.20. The monoisotopic (exact) mass is 360 g/mol. The average molecular weight is 360 g/mol. The number of hydrogen-bond acceptors (Lipinski definition) is 6. The van der Waals surface area contributed by atoms with E-state index in [-0.39, 0.29) is 5.57 Å². The topological polar surface area (TPSA) is 78.9 Å². The predicted octanol–water partition coefficient (Wildman–Crippen LogP) is 1.92. The summed E-state index contributed by atoms with van der Waals surface area (Å²) in [7, 11) is 0. The van der Waals surface area contributed by atoms with Gasteiger partial charge in [0.05, 0.1) is 6.42 Å². The fraction of sp³-hybridized carbons (Fsp3) is 0.615. The largest absolute Gasteiger partial charge is 0.453 e. The second-order valence-electron chi connectivity index (χ2n) is 5.05. The van der Waals surface area contributed by atoms with E-state index in [4.69, 9.17) is 0 Å². The maximum Gasteiger partial charge on any atom is 0.425 e. The Morgan fingerprint density at radius 1 is 1.38 bits per heavy atom. The zero-order chi connectivity index (χ0) is 18.9. The molecule has 6 nitrogen and oxygen atoms in total. The molecule has 1 heterocycles. The molecule has 1 saturated heterocycles. The van der Waals surface area contributed by atoms with E-state index in [2.05, 4.69) is 20.8 Å². The molecule has 1 fully saturated rings. The molecule has 0 bridgehead atoms. The van der Waals surface area contributed by atoms with Gasteiger partial charge in [-0.2, -0.15) is 22.0 Å². The summed E-state index contributed by atoms with van der Waals surface area (Å²) in [5.74, 6) is -9.15. The number of hydrogen-bond donors (Lipinski definition) is 0. The van der Waals surface area contributed by atoms with Crippen molar-refractivity contribution in [2.45, 2.75) is 50.7 Å². The SMILES string of the molecule is C=C(C)C(=O)OC1C(CC(=O)OC(C)C(F)(F)F)OC(=O)C1(F)F. The van der Waals surface area contributed by atoms with Crippen LogP contribution in [0.15, 0.2) is 12.2 Å². The minimum Gasteiger partial charge on any atom is -0.453 e. The summed E-state index contributed by atoms with van der Waals surface area (Å²) in [5, 5.41) is 0. The van der Waals surface area contributed by atoms with Crippen molar-refractivity contribution in [3.63, 3.8) is 0 Å². The fourth-order valence-corrected chi connectivity index (χ4v) is 1.62. The van der Waals surface area contributed by atoms with Gasteiger partial charge in [-0.15, -0.1) is 0 Å². The number of carbonyl (C=O) groups excluding carboxylic acids is 3. The summed E-state index contributed by atoms with van der Waals surface area (Å²) in [4.78, 5) is 33.9. The molecule has 0 spiro atoms. The van der Waals surface area contributed by atoms with Crippen LogP contribution >= 0.6 is 0 Å². The number of carbonyl (C=O) groups is 3. The first-order valence-electron chi connectivity index (χ1n) is 6.48. The van der Waals surface area contributed by atoms with Crippen LogP contribution in [-0.4, -0.2) is 48.3 Å². The van der Waals surface area contributed by atoms with Crippen LogP contribution in [0.1, 0.15) is 20.3 Å². The van der Waals surface area contributed by atoms with Crippen molar-refractivity contribution < 1.29 is 50.5 Å². The maximum atomic E-state index is 13.7. The lowest BCUT2D eigenvalue weighted by Crippen LogP contribution is -2.43. The van der Waals surface area contributed by atoms with Crippen molar-refractivity contribution in [3.05, 3.63) is 12.2 Å². The summed E-state index contributed by atoms with van der Waals surface area (Å²) in [6.45, 7) is 4.83. The Bertz CT molecular complexity index is 556. The van der Waals surface area contributed by atoms with E-state index in [9.17, 15) is 36.3 Å². The summed E-state index contributed by atoms with van der Waals surface area (Å²) >= 11 is 0. The lowest BCUT2D eigenvalue weighted by atomic mass is 10.1. The number of halogens is 5. The quantitative estimate of drug-likeness (QED) is 0.323. The highest BCUT2D eigenvalue weighted by Crippen LogP contribution is 2.36. The van der Waals surface area contributed by atoms with E-state index in [1.807, 2.05) is 0 Å². The third-order valence-corrected chi connectivity index (χ3v) is 2.95. The molecule has 1 aliphatic heterocycles. The van der Waals surface area contributed by atoms with Crippen LogP contribution in [0.2, 0.25) is 0 Å². The molecule has 0 radical (unpaired) electrons. The Morgan fingerprint density at radius 2 is 1.92 bits per heavy atom. The summed E-state index contributed by atoms with van der Waals surface area (Å²) in [6, 6.07) is 0. The van der Waals surface area contributed by atoms with Crippen LogP contribution in [0.5, 0.6) is 0 Å². The molecule has 136 valence electrons. The van der Waals surface area contributed by atoms with E-state index >= 15 is 0 Å². The van der Waals surface area contributed by atoms with Crippen molar-refractivity contribution >= 4 is 17.9 Å². The molecule has 0 aromatic carbocycles. The van der Waals surface area contributed by atoms with Gasteiger partial charge in [0.25, 0.3) is 0 Å². The van der Waals surface area contributed by atoms with Crippen LogP contribution in [0.3, 0.4) is 0 Å². The molecule has 11 heteroatoms. The lowest BCUT2D eigenvalue weighted by Gasteiger charge is -2.21. The molecule has 3 unspecified atom stereocenters. The van der Waals surface area contributed by atoms with E-state index in [0.717, 1.165) is 6.92 Å². The average Bonchev–Trinajstić information content (AvgIpc) is 2.60. The molecule has 1 rings (SSSR count). The smallest absolute Gasteiger partial charge is 0.425 e. The van der Waals surface area contributed by atoms with Crippen molar-refractivity contribution in [1.29, 1.82) is 0 Å². The third-order valence-electron chi connectivity index (χ3n) is 2.95. The second kappa shape index (κ2) is 6.73. The molecule has 24 heavy (non-hydrogen) atoms. The van der Waals surface area contributed by atoms with Gasteiger partial charge in [-0.1, -0.05) is 6.58 Å². The van der Waals surface area contributed by atoms with Crippen LogP contribution in [0, 0.1) is 0 Å². The standard InChI is InChI=1S/C13H13F5O6/c1-5(2)10(20)24-9-7(23-11(21)12(9,14)15)4-8(19)22-6(3)13(16,17)18/h6-7,9H,1,4H2,2-3H3. The van der Waals surface area contributed by atoms with Crippen molar-refractivity contribution in [2.24, 2.45) is 0 Å². The third kappa shape index (κ3) is 4.42. The van der Waals surface area contributed by atoms with Gasteiger partial charge in [0.1, 0.15) is 0 Å². The van der Waals surface area contributed by atoms with Gasteiger partial charge in [-0.05, 0) is 13.8 Å². The van der Waals surface area contributed by atoms with Gasteiger partial charge in [-0.25, -0.2) is 9.59 Å². The Morgan fingerprint density at radius 3 is 2.38 bits per heavy atom. The zero-order valence-electron chi connectivity index (χ0n) is 12.5. The number of esters is 3. The summed E-state index contributed by atoms with van der Waals surface area (Å²) < 4.78 is 76.8. The zero-order valence-corrected chi connectivity index (χ0v) is 12.5. The van der Waals surface area contributed by atoms with Crippen molar-refractivity contribution in [3.8, 4) is 0 Å². The second-order valence-corrected chi connectivity index (χ2v) is 5.05. The van der Waals surface area contributed by atoms with Crippen molar-refractivity contribution in [1.82, 2.24) is 0 Å². The number of alkyl halides is 5. The number of rotatable bonds is 5. The lowest BCUT2D eigenvalue weighted by molar-refractivity contribution is -0.217. The van der Waals surface area contributed by atoms with E-state index < -0.39 is 54.7 Å². The van der Waals surface area contributed by atoms with Crippen LogP contribution in [-0.2, 0) is 28.6 Å². The first-order chi connectivity index (χ1) is 10.8. The normalized spacial score (nSPS) is 24.0. The first-order valence-corrected chi connectivity index (χ1v) is 6.48. The molecule has 3 atom stereocenters. The van der Waals surface area contributed by atoms with Gasteiger partial charge in [0.2, 0.25) is 6.10 Å². The number of ether oxygens (including phenoxy) is 3. The number of cyclic esters (lactones) is 1. The van der Waals surface area contributed by atoms with Gasteiger partial charge >= 0.3 is 30.0 Å². The van der Waals surface area contributed by atoms with Gasteiger partial charge in [0, 0.05) is 5.57 Å². The van der Waals surface area contributed by atoms with Crippen LogP contribution < -0.4 is 0 Å². The molecule has 0 aromatic heterocycles. The minimum absolute atomic E-state index is 0.267. The van der Waals surface area contributed by atoms with Gasteiger partial charge in [-0.3, -0.25) is 4.79 Å². The van der Waals surface area contributed by atoms with Crippen LogP contribution in [0.4, 0.5) is 22.0 Å². The minimum atomic E-state index is -4.85. The molecule has 0 N–H and O–H groups in total.